The molecule has 2 aromatic rings. The zero-order valence-corrected chi connectivity index (χ0v) is 12.5. The molecule has 0 fully saturated rings. The van der Waals surface area contributed by atoms with Crippen LogP contribution in [0.4, 0.5) is 4.39 Å². The number of hydrogen-bond donors (Lipinski definition) is 0. The standard InChI is InChI=1S/C17H17FO3/c1-10-5-11(2)17(14(18)6-10)13-8-16(21-4)15(20-3)7-12(13)9-19/h5-9H,1-4H3. The molecule has 0 aliphatic rings. The molecular weight excluding hydrogens is 271 g/mol. The lowest BCUT2D eigenvalue weighted by Gasteiger charge is -2.15. The first-order valence-corrected chi connectivity index (χ1v) is 6.50. The molecule has 0 aliphatic carbocycles. The van der Waals surface area contributed by atoms with Crippen molar-refractivity contribution in [3.8, 4) is 22.6 Å². The summed E-state index contributed by atoms with van der Waals surface area (Å²) in [6.45, 7) is 3.64. The Morgan fingerprint density at radius 3 is 2.14 bits per heavy atom. The van der Waals surface area contributed by atoms with Crippen LogP contribution in [0.1, 0.15) is 21.5 Å². The van der Waals surface area contributed by atoms with E-state index in [9.17, 15) is 9.18 Å². The summed E-state index contributed by atoms with van der Waals surface area (Å²) in [5.74, 6) is 0.536. The number of methoxy groups -OCH3 is 2. The number of aldehydes is 1. The summed E-state index contributed by atoms with van der Waals surface area (Å²) < 4.78 is 24.8. The topological polar surface area (TPSA) is 35.5 Å². The number of carbonyl (C=O) groups is 1. The summed E-state index contributed by atoms with van der Waals surface area (Å²) in [7, 11) is 2.99. The van der Waals surface area contributed by atoms with Crippen LogP contribution in [0, 0.1) is 19.7 Å². The number of carbonyl (C=O) groups excluding carboxylic acids is 1. The third kappa shape index (κ3) is 2.75. The van der Waals surface area contributed by atoms with Crippen LogP contribution in [0.5, 0.6) is 11.5 Å². The Hall–Kier alpha value is -2.36. The van der Waals surface area contributed by atoms with E-state index in [-0.39, 0.29) is 5.82 Å². The van der Waals surface area contributed by atoms with Gasteiger partial charge >= 0.3 is 0 Å². The lowest BCUT2D eigenvalue weighted by Crippen LogP contribution is -1.98. The maximum atomic E-state index is 14.3. The second-order valence-corrected chi connectivity index (χ2v) is 4.85. The van der Waals surface area contributed by atoms with E-state index in [1.165, 1.54) is 20.3 Å². The Morgan fingerprint density at radius 1 is 1.00 bits per heavy atom. The monoisotopic (exact) mass is 288 g/mol. The van der Waals surface area contributed by atoms with Gasteiger partial charge in [-0.3, -0.25) is 4.79 Å². The fourth-order valence-corrected chi connectivity index (χ4v) is 2.47. The number of halogens is 1. The van der Waals surface area contributed by atoms with Gasteiger partial charge in [0, 0.05) is 11.1 Å². The van der Waals surface area contributed by atoms with Crippen molar-refractivity contribution in [1.29, 1.82) is 0 Å². The van der Waals surface area contributed by atoms with Crippen molar-refractivity contribution in [3.63, 3.8) is 0 Å². The van der Waals surface area contributed by atoms with E-state index in [2.05, 4.69) is 0 Å². The average molecular weight is 288 g/mol. The molecule has 0 radical (unpaired) electrons. The summed E-state index contributed by atoms with van der Waals surface area (Å²) >= 11 is 0. The van der Waals surface area contributed by atoms with Crippen molar-refractivity contribution in [2.45, 2.75) is 13.8 Å². The number of rotatable bonds is 4. The zero-order chi connectivity index (χ0) is 15.6. The first-order valence-electron chi connectivity index (χ1n) is 6.50. The van der Waals surface area contributed by atoms with Gasteiger partial charge < -0.3 is 9.47 Å². The Bertz CT molecular complexity index is 670. The second kappa shape index (κ2) is 5.95. The smallest absolute Gasteiger partial charge is 0.161 e. The first kappa shape index (κ1) is 15.0. The summed E-state index contributed by atoms with van der Waals surface area (Å²) in [4.78, 5) is 11.3. The van der Waals surface area contributed by atoms with Gasteiger partial charge in [0.25, 0.3) is 0 Å². The zero-order valence-electron chi connectivity index (χ0n) is 12.5. The fourth-order valence-electron chi connectivity index (χ4n) is 2.47. The highest BCUT2D eigenvalue weighted by atomic mass is 19.1. The number of hydrogen-bond acceptors (Lipinski definition) is 3. The molecule has 3 nitrogen and oxygen atoms in total. The molecule has 0 unspecified atom stereocenters. The van der Waals surface area contributed by atoms with Crippen molar-refractivity contribution < 1.29 is 18.7 Å². The summed E-state index contributed by atoms with van der Waals surface area (Å²) in [5, 5.41) is 0. The number of benzene rings is 2. The molecular formula is C17H17FO3. The van der Waals surface area contributed by atoms with Crippen molar-refractivity contribution in [2.24, 2.45) is 0 Å². The maximum Gasteiger partial charge on any atom is 0.161 e. The van der Waals surface area contributed by atoms with Gasteiger partial charge in [-0.05, 0) is 48.7 Å². The molecule has 0 heterocycles. The summed E-state index contributed by atoms with van der Waals surface area (Å²) in [6, 6.07) is 6.51. The van der Waals surface area contributed by atoms with E-state index >= 15 is 0 Å². The summed E-state index contributed by atoms with van der Waals surface area (Å²) in [5.41, 5.74) is 2.87. The van der Waals surface area contributed by atoms with Crippen LogP contribution in [-0.4, -0.2) is 20.5 Å². The minimum Gasteiger partial charge on any atom is -0.493 e. The molecule has 4 heteroatoms. The van der Waals surface area contributed by atoms with Crippen molar-refractivity contribution >= 4 is 6.29 Å². The fraction of sp³-hybridized carbons (Fsp3) is 0.235. The Morgan fingerprint density at radius 2 is 1.62 bits per heavy atom. The van der Waals surface area contributed by atoms with Gasteiger partial charge in [-0.2, -0.15) is 0 Å². The van der Waals surface area contributed by atoms with E-state index in [0.29, 0.717) is 34.5 Å². The van der Waals surface area contributed by atoms with Gasteiger partial charge in [-0.15, -0.1) is 0 Å². The van der Waals surface area contributed by atoms with Crippen LogP contribution in [0.25, 0.3) is 11.1 Å². The molecule has 2 rings (SSSR count). The van der Waals surface area contributed by atoms with Gasteiger partial charge in [0.2, 0.25) is 0 Å². The lowest BCUT2D eigenvalue weighted by molar-refractivity contribution is 0.112. The highest BCUT2D eigenvalue weighted by molar-refractivity contribution is 5.90. The van der Waals surface area contributed by atoms with Gasteiger partial charge in [-0.1, -0.05) is 6.07 Å². The maximum absolute atomic E-state index is 14.3. The second-order valence-electron chi connectivity index (χ2n) is 4.85. The molecule has 0 aromatic heterocycles. The highest BCUT2D eigenvalue weighted by Crippen LogP contribution is 2.37. The summed E-state index contributed by atoms with van der Waals surface area (Å²) in [6.07, 6.45) is 0.691. The van der Waals surface area contributed by atoms with E-state index in [1.807, 2.05) is 19.9 Å². The van der Waals surface area contributed by atoms with Crippen LogP contribution in [0.3, 0.4) is 0 Å². The molecule has 0 bridgehead atoms. The Kier molecular flexibility index (Phi) is 4.26. The highest BCUT2D eigenvalue weighted by Gasteiger charge is 2.17. The molecule has 0 atom stereocenters. The predicted octanol–water partition coefficient (Wildman–Crippen LogP) is 3.94. The molecule has 110 valence electrons. The molecule has 0 amide bonds. The average Bonchev–Trinajstić information content (AvgIpc) is 2.45. The number of ether oxygens (including phenoxy) is 2. The van der Waals surface area contributed by atoms with Crippen LogP contribution in [-0.2, 0) is 0 Å². The van der Waals surface area contributed by atoms with Crippen LogP contribution in [0.2, 0.25) is 0 Å². The molecule has 0 N–H and O–H groups in total. The molecule has 0 spiro atoms. The quantitative estimate of drug-likeness (QED) is 0.799. The molecule has 2 aromatic carbocycles. The third-order valence-electron chi connectivity index (χ3n) is 3.38. The molecule has 0 saturated heterocycles. The van der Waals surface area contributed by atoms with Crippen LogP contribution in [0.15, 0.2) is 24.3 Å². The molecule has 21 heavy (non-hydrogen) atoms. The van der Waals surface area contributed by atoms with Gasteiger partial charge in [0.1, 0.15) is 5.82 Å². The van der Waals surface area contributed by atoms with Gasteiger partial charge in [0.05, 0.1) is 14.2 Å². The largest absolute Gasteiger partial charge is 0.493 e. The van der Waals surface area contributed by atoms with E-state index in [1.54, 1.807) is 12.1 Å². The van der Waals surface area contributed by atoms with Crippen LogP contribution < -0.4 is 9.47 Å². The third-order valence-corrected chi connectivity index (χ3v) is 3.38. The molecule has 0 aliphatic heterocycles. The number of aryl methyl sites for hydroxylation is 2. The minimum atomic E-state index is -0.359. The first-order chi connectivity index (χ1) is 10.0. The van der Waals surface area contributed by atoms with E-state index < -0.39 is 0 Å². The van der Waals surface area contributed by atoms with Crippen molar-refractivity contribution in [1.82, 2.24) is 0 Å². The lowest BCUT2D eigenvalue weighted by atomic mass is 9.94. The van der Waals surface area contributed by atoms with Crippen molar-refractivity contribution in [3.05, 3.63) is 46.8 Å². The minimum absolute atomic E-state index is 0.359. The molecule has 0 saturated carbocycles. The van der Waals surface area contributed by atoms with Crippen molar-refractivity contribution in [2.75, 3.05) is 14.2 Å². The van der Waals surface area contributed by atoms with Crippen LogP contribution >= 0.6 is 0 Å². The Balaban J connectivity index is 2.77. The SMILES string of the molecule is COc1cc(C=O)c(-c2c(C)cc(C)cc2F)cc1OC. The van der Waals surface area contributed by atoms with E-state index in [0.717, 1.165) is 11.1 Å². The Labute approximate surface area is 123 Å². The normalized spacial score (nSPS) is 10.3. The predicted molar refractivity (Wildman–Crippen MR) is 79.8 cm³/mol. The van der Waals surface area contributed by atoms with Gasteiger partial charge in [0.15, 0.2) is 17.8 Å². The van der Waals surface area contributed by atoms with Gasteiger partial charge in [-0.25, -0.2) is 4.39 Å². The van der Waals surface area contributed by atoms with E-state index in [4.69, 9.17) is 9.47 Å².